The van der Waals surface area contributed by atoms with Gasteiger partial charge in [0.1, 0.15) is 11.5 Å². The van der Waals surface area contributed by atoms with Crippen molar-refractivity contribution in [3.8, 4) is 22.6 Å². The highest BCUT2D eigenvalue weighted by Crippen LogP contribution is 2.57. The highest BCUT2D eigenvalue weighted by atomic mass is 16.5. The first kappa shape index (κ1) is 27.5. The summed E-state index contributed by atoms with van der Waals surface area (Å²) >= 11 is 0. The van der Waals surface area contributed by atoms with E-state index >= 15 is 0 Å². The van der Waals surface area contributed by atoms with Crippen LogP contribution in [0.2, 0.25) is 0 Å². The normalized spacial score (nSPS) is 12.9. The zero-order valence-electron chi connectivity index (χ0n) is 27.2. The van der Waals surface area contributed by atoms with Gasteiger partial charge in [0, 0.05) is 27.8 Å². The second-order valence-corrected chi connectivity index (χ2v) is 13.5. The van der Waals surface area contributed by atoms with E-state index in [1.165, 1.54) is 81.7 Å². The van der Waals surface area contributed by atoms with E-state index in [1.54, 1.807) is 0 Å². The van der Waals surface area contributed by atoms with Gasteiger partial charge in [0.15, 0.2) is 0 Å². The minimum atomic E-state index is -0.0326. The maximum atomic E-state index is 7.24. The minimum Gasteiger partial charge on any atom is -0.455 e. The lowest BCUT2D eigenvalue weighted by Gasteiger charge is -2.33. The first-order chi connectivity index (χ1) is 24.8. The lowest BCUT2D eigenvalue weighted by Crippen LogP contribution is -2.14. The molecular formula is C49H30O. The van der Waals surface area contributed by atoms with Crippen LogP contribution in [0.5, 0.6) is 11.5 Å². The number of hydrogen-bond donors (Lipinski definition) is 0. The van der Waals surface area contributed by atoms with Gasteiger partial charge in [-0.15, -0.1) is 0 Å². The Hall–Kier alpha value is -6.44. The van der Waals surface area contributed by atoms with Crippen molar-refractivity contribution in [3.05, 3.63) is 193 Å². The van der Waals surface area contributed by atoms with E-state index in [1.807, 2.05) is 0 Å². The van der Waals surface area contributed by atoms with Crippen LogP contribution in [0.3, 0.4) is 0 Å². The zero-order chi connectivity index (χ0) is 32.8. The maximum absolute atomic E-state index is 7.24. The van der Waals surface area contributed by atoms with Crippen molar-refractivity contribution in [1.29, 1.82) is 0 Å². The van der Waals surface area contributed by atoms with Crippen LogP contribution >= 0.6 is 0 Å². The van der Waals surface area contributed by atoms with Crippen molar-refractivity contribution < 1.29 is 4.74 Å². The molecule has 0 saturated carbocycles. The molecule has 1 aliphatic heterocycles. The van der Waals surface area contributed by atoms with Gasteiger partial charge >= 0.3 is 0 Å². The molecule has 0 N–H and O–H groups in total. The summed E-state index contributed by atoms with van der Waals surface area (Å²) < 4.78 is 7.24. The Morgan fingerprint density at radius 3 is 1.30 bits per heavy atom. The number of benzene rings is 10. The average Bonchev–Trinajstić information content (AvgIpc) is 3.20. The standard InChI is InChI=1S/C49H30O/c1-2-12-35-31(11-1)23-26-34-29-33(27-28-36(34)35)30-21-24-32(25-22-30)45-46-41-17-7-3-13-37(41)39-15-5-9-19-43(39)48(46)50-49-44-20-10-6-16-40(44)38-14-4-8-18-42(38)47(45)49/h1-29,45H. The maximum Gasteiger partial charge on any atom is 0.140 e. The first-order valence-electron chi connectivity index (χ1n) is 17.4. The quantitative estimate of drug-likeness (QED) is 0.172. The van der Waals surface area contributed by atoms with Crippen LogP contribution in [0.25, 0.3) is 75.8 Å². The third-order valence-corrected chi connectivity index (χ3v) is 11.0. The molecule has 0 fully saturated rings. The van der Waals surface area contributed by atoms with E-state index in [4.69, 9.17) is 4.74 Å². The first-order valence-corrected chi connectivity index (χ1v) is 17.4. The fraction of sp³-hybridized carbons (Fsp3) is 0.0204. The highest BCUT2D eigenvalue weighted by molar-refractivity contribution is 6.17. The van der Waals surface area contributed by atoms with Crippen molar-refractivity contribution in [1.82, 2.24) is 0 Å². The summed E-state index contributed by atoms with van der Waals surface area (Å²) in [6.07, 6.45) is 0. The molecule has 0 bridgehead atoms. The monoisotopic (exact) mass is 634 g/mol. The van der Waals surface area contributed by atoms with E-state index in [0.29, 0.717) is 0 Å². The molecule has 232 valence electrons. The Morgan fingerprint density at radius 2 is 0.720 bits per heavy atom. The molecule has 50 heavy (non-hydrogen) atoms. The Kier molecular flexibility index (Phi) is 5.79. The average molecular weight is 635 g/mol. The molecule has 1 aliphatic rings. The molecule has 0 saturated heterocycles. The summed E-state index contributed by atoms with van der Waals surface area (Å²) in [5.41, 5.74) is 6.16. The van der Waals surface area contributed by atoms with Gasteiger partial charge in [-0.25, -0.2) is 0 Å². The fourth-order valence-electron chi connectivity index (χ4n) is 8.71. The Morgan fingerprint density at radius 1 is 0.300 bits per heavy atom. The minimum absolute atomic E-state index is 0.0326. The molecule has 11 rings (SSSR count). The molecule has 0 radical (unpaired) electrons. The van der Waals surface area contributed by atoms with Gasteiger partial charge in [-0.3, -0.25) is 0 Å². The highest BCUT2D eigenvalue weighted by Gasteiger charge is 2.35. The van der Waals surface area contributed by atoms with E-state index in [2.05, 4.69) is 176 Å². The van der Waals surface area contributed by atoms with Gasteiger partial charge < -0.3 is 4.74 Å². The zero-order valence-corrected chi connectivity index (χ0v) is 27.2. The summed E-state index contributed by atoms with van der Waals surface area (Å²) in [4.78, 5) is 0. The third kappa shape index (κ3) is 3.89. The summed E-state index contributed by atoms with van der Waals surface area (Å²) in [5.74, 6) is 1.89. The predicted octanol–water partition coefficient (Wildman–Crippen LogP) is 13.6. The van der Waals surface area contributed by atoms with Crippen LogP contribution in [0.4, 0.5) is 0 Å². The van der Waals surface area contributed by atoms with Gasteiger partial charge in [-0.1, -0.05) is 170 Å². The van der Waals surface area contributed by atoms with Gasteiger partial charge in [-0.2, -0.15) is 0 Å². The van der Waals surface area contributed by atoms with E-state index < -0.39 is 0 Å². The largest absolute Gasteiger partial charge is 0.455 e. The van der Waals surface area contributed by atoms with Crippen molar-refractivity contribution in [3.63, 3.8) is 0 Å². The number of hydrogen-bond acceptors (Lipinski definition) is 1. The van der Waals surface area contributed by atoms with Crippen LogP contribution in [-0.4, -0.2) is 0 Å². The Bertz CT molecular complexity index is 2880. The lowest BCUT2D eigenvalue weighted by atomic mass is 9.76. The molecule has 1 heterocycles. The molecule has 10 aromatic rings. The molecule has 0 unspecified atom stereocenters. The fourth-order valence-corrected chi connectivity index (χ4v) is 8.71. The lowest BCUT2D eigenvalue weighted by molar-refractivity contribution is 0.467. The van der Waals surface area contributed by atoms with Crippen LogP contribution in [0.15, 0.2) is 176 Å². The summed E-state index contributed by atoms with van der Waals surface area (Å²) in [6.45, 7) is 0. The summed E-state index contributed by atoms with van der Waals surface area (Å²) in [5, 5.41) is 14.8. The van der Waals surface area contributed by atoms with Gasteiger partial charge in [0.05, 0.1) is 0 Å². The van der Waals surface area contributed by atoms with E-state index in [9.17, 15) is 0 Å². The molecule has 1 nitrogen and oxygen atoms in total. The number of rotatable bonds is 2. The molecular weight excluding hydrogens is 605 g/mol. The second-order valence-electron chi connectivity index (χ2n) is 13.5. The van der Waals surface area contributed by atoms with Crippen molar-refractivity contribution in [2.45, 2.75) is 5.92 Å². The molecule has 1 heteroatoms. The van der Waals surface area contributed by atoms with E-state index in [-0.39, 0.29) is 5.92 Å². The molecule has 0 spiro atoms. The SMILES string of the molecule is c1ccc2c(c1)ccc1cc(-c3ccc(C4c5c(c6ccccc6c6ccccc56)Oc5c4c4ccccc4c4ccccc54)cc3)ccc12. The Balaban J connectivity index is 1.18. The molecule has 0 aliphatic carbocycles. The number of fused-ring (bicyclic) bond motifs is 15. The number of ether oxygens (including phenoxy) is 1. The van der Waals surface area contributed by atoms with Gasteiger partial charge in [0.25, 0.3) is 0 Å². The molecule has 0 aromatic heterocycles. The second kappa shape index (κ2) is 10.5. The van der Waals surface area contributed by atoms with Crippen molar-refractivity contribution in [2.24, 2.45) is 0 Å². The predicted molar refractivity (Wildman–Crippen MR) is 211 cm³/mol. The van der Waals surface area contributed by atoms with Crippen LogP contribution < -0.4 is 4.74 Å². The van der Waals surface area contributed by atoms with Gasteiger partial charge in [0.2, 0.25) is 0 Å². The topological polar surface area (TPSA) is 9.23 Å². The van der Waals surface area contributed by atoms with Crippen LogP contribution in [0.1, 0.15) is 22.6 Å². The smallest absolute Gasteiger partial charge is 0.140 e. The molecule has 0 atom stereocenters. The molecule has 0 amide bonds. The summed E-state index contributed by atoms with van der Waals surface area (Å²) in [6, 6.07) is 64.4. The summed E-state index contributed by atoms with van der Waals surface area (Å²) in [7, 11) is 0. The van der Waals surface area contributed by atoms with Crippen molar-refractivity contribution >= 4 is 64.6 Å². The van der Waals surface area contributed by atoms with Crippen molar-refractivity contribution in [2.75, 3.05) is 0 Å². The Labute approximate surface area is 289 Å². The third-order valence-electron chi connectivity index (χ3n) is 11.0. The van der Waals surface area contributed by atoms with Crippen LogP contribution in [0, 0.1) is 0 Å². The molecule has 10 aromatic carbocycles. The van der Waals surface area contributed by atoms with Crippen LogP contribution in [-0.2, 0) is 0 Å². The van der Waals surface area contributed by atoms with E-state index in [0.717, 1.165) is 22.3 Å². The van der Waals surface area contributed by atoms with Gasteiger partial charge in [-0.05, 0) is 76.6 Å².